The van der Waals surface area contributed by atoms with Crippen LogP contribution in [0.25, 0.3) is 0 Å². The third kappa shape index (κ3) is 3.68. The van der Waals surface area contributed by atoms with E-state index >= 15 is 0 Å². The molecule has 0 aromatic carbocycles. The Morgan fingerprint density at radius 2 is 2.18 bits per heavy atom. The molecule has 0 radical (unpaired) electrons. The number of rotatable bonds is 4. The lowest BCUT2D eigenvalue weighted by molar-refractivity contribution is -0.140. The van der Waals surface area contributed by atoms with Gasteiger partial charge in [-0.1, -0.05) is 6.42 Å². The van der Waals surface area contributed by atoms with E-state index in [9.17, 15) is 4.79 Å². The number of piperazine rings is 1. The van der Waals surface area contributed by atoms with Crippen LogP contribution in [0.2, 0.25) is 0 Å². The van der Waals surface area contributed by atoms with E-state index in [0.29, 0.717) is 6.42 Å². The molecule has 0 saturated carbocycles. The number of carbonyl (C=O) groups is 1. The molecule has 4 nitrogen and oxygen atoms in total. The van der Waals surface area contributed by atoms with E-state index in [1.807, 2.05) is 0 Å². The second-order valence-corrected chi connectivity index (χ2v) is 5.17. The maximum atomic E-state index is 11.0. The molecule has 2 rings (SSSR count). The van der Waals surface area contributed by atoms with E-state index in [1.165, 1.54) is 46.0 Å². The number of carbonyl (C=O) groups excluding carboxylic acids is 1. The number of fused-ring (bicyclic) bond motifs is 1. The summed E-state index contributed by atoms with van der Waals surface area (Å²) in [5.74, 6) is -0.0821. The molecule has 0 aromatic rings. The monoisotopic (exact) mass is 240 g/mol. The van der Waals surface area contributed by atoms with Gasteiger partial charge in [-0.2, -0.15) is 0 Å². The SMILES string of the molecule is COC(=O)CCCN1CCN2CCCCC2C1. The van der Waals surface area contributed by atoms with E-state index in [0.717, 1.165) is 25.6 Å². The molecule has 2 aliphatic rings. The molecule has 0 aliphatic carbocycles. The minimum atomic E-state index is -0.0821. The van der Waals surface area contributed by atoms with Gasteiger partial charge in [-0.05, 0) is 32.4 Å². The quantitative estimate of drug-likeness (QED) is 0.689. The van der Waals surface area contributed by atoms with Crippen molar-refractivity contribution in [1.29, 1.82) is 0 Å². The van der Waals surface area contributed by atoms with Gasteiger partial charge in [-0.15, -0.1) is 0 Å². The molecular formula is C13H24N2O2. The van der Waals surface area contributed by atoms with Gasteiger partial charge in [0.05, 0.1) is 7.11 Å². The second-order valence-electron chi connectivity index (χ2n) is 5.17. The summed E-state index contributed by atoms with van der Waals surface area (Å²) in [5, 5.41) is 0. The standard InChI is InChI=1S/C13H24N2O2/c1-17-13(16)6-4-7-14-9-10-15-8-3-2-5-12(15)11-14/h12H,2-11H2,1H3. The van der Waals surface area contributed by atoms with Crippen LogP contribution >= 0.6 is 0 Å². The number of piperidine rings is 1. The van der Waals surface area contributed by atoms with E-state index in [2.05, 4.69) is 14.5 Å². The normalized spacial score (nSPS) is 26.5. The topological polar surface area (TPSA) is 32.8 Å². The predicted octanol–water partition coefficient (Wildman–Crippen LogP) is 1.11. The minimum Gasteiger partial charge on any atom is -0.469 e. The molecule has 0 N–H and O–H groups in total. The number of methoxy groups -OCH3 is 1. The van der Waals surface area contributed by atoms with Gasteiger partial charge in [0.1, 0.15) is 0 Å². The number of hydrogen-bond acceptors (Lipinski definition) is 4. The Balaban J connectivity index is 1.67. The summed E-state index contributed by atoms with van der Waals surface area (Å²) in [6, 6.07) is 0.774. The third-order valence-corrected chi connectivity index (χ3v) is 4.00. The fourth-order valence-corrected chi connectivity index (χ4v) is 2.97. The zero-order chi connectivity index (χ0) is 12.1. The number of esters is 1. The number of nitrogens with zero attached hydrogens (tertiary/aromatic N) is 2. The fourth-order valence-electron chi connectivity index (χ4n) is 2.97. The van der Waals surface area contributed by atoms with E-state index in [4.69, 9.17) is 0 Å². The van der Waals surface area contributed by atoms with Gasteiger partial charge in [0, 0.05) is 32.1 Å². The van der Waals surface area contributed by atoms with Crippen molar-refractivity contribution in [1.82, 2.24) is 9.80 Å². The minimum absolute atomic E-state index is 0.0821. The van der Waals surface area contributed by atoms with Crippen molar-refractivity contribution in [3.63, 3.8) is 0 Å². The average molecular weight is 240 g/mol. The molecule has 0 aromatic heterocycles. The Morgan fingerprint density at radius 1 is 1.29 bits per heavy atom. The van der Waals surface area contributed by atoms with Crippen molar-refractivity contribution in [2.24, 2.45) is 0 Å². The maximum Gasteiger partial charge on any atom is 0.305 e. The van der Waals surface area contributed by atoms with Crippen molar-refractivity contribution >= 4 is 5.97 Å². The Bertz CT molecular complexity index is 258. The van der Waals surface area contributed by atoms with E-state index in [-0.39, 0.29) is 5.97 Å². The zero-order valence-electron chi connectivity index (χ0n) is 10.9. The van der Waals surface area contributed by atoms with Gasteiger partial charge in [-0.3, -0.25) is 9.69 Å². The molecule has 2 fully saturated rings. The van der Waals surface area contributed by atoms with Crippen LogP contribution in [0, 0.1) is 0 Å². The Hall–Kier alpha value is -0.610. The van der Waals surface area contributed by atoms with Gasteiger partial charge in [0.2, 0.25) is 0 Å². The molecular weight excluding hydrogens is 216 g/mol. The molecule has 2 saturated heterocycles. The molecule has 2 heterocycles. The molecule has 17 heavy (non-hydrogen) atoms. The lowest BCUT2D eigenvalue weighted by Crippen LogP contribution is -2.54. The first-order valence-electron chi connectivity index (χ1n) is 6.83. The van der Waals surface area contributed by atoms with Gasteiger partial charge in [-0.25, -0.2) is 0 Å². The highest BCUT2D eigenvalue weighted by Crippen LogP contribution is 2.21. The zero-order valence-corrected chi connectivity index (χ0v) is 10.9. The molecule has 0 bridgehead atoms. The molecule has 1 unspecified atom stereocenters. The van der Waals surface area contributed by atoms with Crippen molar-refractivity contribution in [2.75, 3.05) is 39.8 Å². The van der Waals surface area contributed by atoms with Gasteiger partial charge in [0.15, 0.2) is 0 Å². The van der Waals surface area contributed by atoms with Crippen LogP contribution in [-0.4, -0.2) is 61.6 Å². The first kappa shape index (κ1) is 12.8. The van der Waals surface area contributed by atoms with Crippen molar-refractivity contribution < 1.29 is 9.53 Å². The summed E-state index contributed by atoms with van der Waals surface area (Å²) >= 11 is 0. The van der Waals surface area contributed by atoms with Gasteiger partial charge < -0.3 is 9.64 Å². The largest absolute Gasteiger partial charge is 0.469 e. The summed E-state index contributed by atoms with van der Waals surface area (Å²) in [7, 11) is 1.46. The molecule has 1 atom stereocenters. The van der Waals surface area contributed by atoms with E-state index in [1.54, 1.807) is 0 Å². The third-order valence-electron chi connectivity index (χ3n) is 4.00. The van der Waals surface area contributed by atoms with Crippen LogP contribution < -0.4 is 0 Å². The molecule has 2 aliphatic heterocycles. The second kappa shape index (κ2) is 6.36. The summed E-state index contributed by atoms with van der Waals surface area (Å²) in [4.78, 5) is 16.2. The van der Waals surface area contributed by atoms with Gasteiger partial charge >= 0.3 is 5.97 Å². The van der Waals surface area contributed by atoms with Crippen molar-refractivity contribution in [2.45, 2.75) is 38.1 Å². The summed E-state index contributed by atoms with van der Waals surface area (Å²) in [6.07, 6.45) is 5.60. The molecule has 0 spiro atoms. The van der Waals surface area contributed by atoms with Gasteiger partial charge in [0.25, 0.3) is 0 Å². The summed E-state index contributed by atoms with van der Waals surface area (Å²) < 4.78 is 4.66. The van der Waals surface area contributed by atoms with Crippen LogP contribution in [0.4, 0.5) is 0 Å². The average Bonchev–Trinajstić information content (AvgIpc) is 2.38. The maximum absolute atomic E-state index is 11.0. The Kier molecular flexibility index (Phi) is 4.80. The number of hydrogen-bond donors (Lipinski definition) is 0. The number of ether oxygens (including phenoxy) is 1. The fraction of sp³-hybridized carbons (Fsp3) is 0.923. The Morgan fingerprint density at radius 3 is 3.00 bits per heavy atom. The van der Waals surface area contributed by atoms with Crippen molar-refractivity contribution in [3.05, 3.63) is 0 Å². The van der Waals surface area contributed by atoms with E-state index < -0.39 is 0 Å². The van der Waals surface area contributed by atoms with Crippen LogP contribution in [-0.2, 0) is 9.53 Å². The molecule has 98 valence electrons. The van der Waals surface area contributed by atoms with Crippen LogP contribution in [0.5, 0.6) is 0 Å². The highest BCUT2D eigenvalue weighted by Gasteiger charge is 2.28. The molecule has 4 heteroatoms. The van der Waals surface area contributed by atoms with Crippen molar-refractivity contribution in [3.8, 4) is 0 Å². The molecule has 0 amide bonds. The van der Waals surface area contributed by atoms with Crippen LogP contribution in [0.3, 0.4) is 0 Å². The lowest BCUT2D eigenvalue weighted by atomic mass is 9.99. The first-order chi connectivity index (χ1) is 8.29. The predicted molar refractivity (Wildman–Crippen MR) is 66.9 cm³/mol. The van der Waals surface area contributed by atoms with Crippen LogP contribution in [0.1, 0.15) is 32.1 Å². The lowest BCUT2D eigenvalue weighted by Gasteiger charge is -2.44. The Labute approximate surface area is 104 Å². The summed E-state index contributed by atoms with van der Waals surface area (Å²) in [5.41, 5.74) is 0. The first-order valence-corrected chi connectivity index (χ1v) is 6.83. The highest BCUT2D eigenvalue weighted by atomic mass is 16.5. The highest BCUT2D eigenvalue weighted by molar-refractivity contribution is 5.69. The smallest absolute Gasteiger partial charge is 0.305 e. The summed E-state index contributed by atoms with van der Waals surface area (Å²) in [6.45, 7) is 5.90. The van der Waals surface area contributed by atoms with Crippen LogP contribution in [0.15, 0.2) is 0 Å².